The maximum atomic E-state index is 12.6. The second kappa shape index (κ2) is 7.94. The summed E-state index contributed by atoms with van der Waals surface area (Å²) in [5.41, 5.74) is 2.73. The minimum absolute atomic E-state index is 0.127. The molecule has 0 spiro atoms. The summed E-state index contributed by atoms with van der Waals surface area (Å²) in [7, 11) is 0. The van der Waals surface area contributed by atoms with Crippen LogP contribution < -0.4 is 10.4 Å². The van der Waals surface area contributed by atoms with E-state index in [9.17, 15) is 9.59 Å². The summed E-state index contributed by atoms with van der Waals surface area (Å²) in [6.45, 7) is 1.77. The van der Waals surface area contributed by atoms with Crippen molar-refractivity contribution in [2.45, 2.75) is 6.92 Å². The van der Waals surface area contributed by atoms with E-state index in [-0.39, 0.29) is 12.4 Å². The third kappa shape index (κ3) is 3.93. The summed E-state index contributed by atoms with van der Waals surface area (Å²) in [5, 5.41) is 1.39. The molecule has 5 heteroatoms. The van der Waals surface area contributed by atoms with Crippen LogP contribution >= 0.6 is 11.6 Å². The van der Waals surface area contributed by atoms with Gasteiger partial charge in [-0.2, -0.15) is 0 Å². The van der Waals surface area contributed by atoms with Gasteiger partial charge in [0.25, 0.3) is 0 Å². The molecule has 0 aliphatic carbocycles. The number of Topliss-reactive ketones (excluding diaryl/α,β-unsaturated/α-hetero) is 1. The van der Waals surface area contributed by atoms with Crippen molar-refractivity contribution in [3.8, 4) is 16.9 Å². The van der Waals surface area contributed by atoms with Gasteiger partial charge in [-0.25, -0.2) is 4.79 Å². The van der Waals surface area contributed by atoms with Crippen molar-refractivity contribution >= 4 is 28.4 Å². The van der Waals surface area contributed by atoms with Gasteiger partial charge in [0.1, 0.15) is 11.3 Å². The number of halogens is 1. The number of hydrogen-bond acceptors (Lipinski definition) is 4. The first-order valence-corrected chi connectivity index (χ1v) is 9.45. The van der Waals surface area contributed by atoms with Gasteiger partial charge >= 0.3 is 5.63 Å². The van der Waals surface area contributed by atoms with Gasteiger partial charge in [-0.15, -0.1) is 0 Å². The van der Waals surface area contributed by atoms with E-state index in [0.717, 1.165) is 16.5 Å². The number of ketones is 1. The lowest BCUT2D eigenvalue weighted by Crippen LogP contribution is -2.11. The molecule has 0 bridgehead atoms. The molecule has 0 atom stereocenters. The van der Waals surface area contributed by atoms with Crippen molar-refractivity contribution in [2.24, 2.45) is 0 Å². The van der Waals surface area contributed by atoms with Gasteiger partial charge in [-0.3, -0.25) is 4.79 Å². The number of ether oxygens (including phenoxy) is 1. The zero-order valence-corrected chi connectivity index (χ0v) is 16.4. The van der Waals surface area contributed by atoms with Crippen LogP contribution in [0.5, 0.6) is 5.75 Å². The molecule has 4 nitrogen and oxygen atoms in total. The van der Waals surface area contributed by atoms with Crippen LogP contribution in [0.15, 0.2) is 82.0 Å². The number of rotatable bonds is 5. The molecule has 0 aliphatic heterocycles. The molecule has 0 fully saturated rings. The van der Waals surface area contributed by atoms with Gasteiger partial charge in [-0.05, 0) is 54.4 Å². The van der Waals surface area contributed by atoms with Gasteiger partial charge in [0.15, 0.2) is 12.4 Å². The Labute approximate surface area is 172 Å². The maximum absolute atomic E-state index is 12.6. The standard InChI is InChI=1S/C24H17ClO4/c1-15-20-12-11-19(28-14-21(26)16-7-9-18(25)10-8-16)13-22(20)29-24(27)23(15)17-5-3-2-4-6-17/h2-13H,14H2,1H3. The SMILES string of the molecule is Cc1c(-c2ccccc2)c(=O)oc2cc(OCC(=O)c3ccc(Cl)cc3)ccc12. The Morgan fingerprint density at radius 3 is 2.45 bits per heavy atom. The fourth-order valence-corrected chi connectivity index (χ4v) is 3.36. The fraction of sp³-hybridized carbons (Fsp3) is 0.0833. The van der Waals surface area contributed by atoms with Crippen molar-refractivity contribution in [3.63, 3.8) is 0 Å². The average molecular weight is 405 g/mol. The van der Waals surface area contributed by atoms with Crippen molar-refractivity contribution in [2.75, 3.05) is 6.61 Å². The number of hydrogen-bond donors (Lipinski definition) is 0. The van der Waals surface area contributed by atoms with E-state index >= 15 is 0 Å². The average Bonchev–Trinajstić information content (AvgIpc) is 2.73. The molecule has 29 heavy (non-hydrogen) atoms. The van der Waals surface area contributed by atoms with Gasteiger partial charge < -0.3 is 9.15 Å². The predicted molar refractivity (Wildman–Crippen MR) is 114 cm³/mol. The number of fused-ring (bicyclic) bond motifs is 1. The van der Waals surface area contributed by atoms with Crippen molar-refractivity contribution in [1.29, 1.82) is 0 Å². The Morgan fingerprint density at radius 1 is 1.00 bits per heavy atom. The monoisotopic (exact) mass is 404 g/mol. The fourth-order valence-electron chi connectivity index (χ4n) is 3.23. The van der Waals surface area contributed by atoms with Crippen LogP contribution in [0.3, 0.4) is 0 Å². The van der Waals surface area contributed by atoms with Gasteiger partial charge in [-0.1, -0.05) is 41.9 Å². The summed E-state index contributed by atoms with van der Waals surface area (Å²) in [5.74, 6) is 0.286. The molecular weight excluding hydrogens is 388 g/mol. The van der Waals surface area contributed by atoms with Crippen molar-refractivity contribution < 1.29 is 13.9 Å². The number of aryl methyl sites for hydroxylation is 1. The lowest BCUT2D eigenvalue weighted by Gasteiger charge is -2.10. The van der Waals surface area contributed by atoms with Crippen LogP contribution in [0.2, 0.25) is 5.02 Å². The molecule has 4 aromatic rings. The first kappa shape index (κ1) is 19.0. The molecule has 3 aromatic carbocycles. The summed E-state index contributed by atoms with van der Waals surface area (Å²) in [6.07, 6.45) is 0. The maximum Gasteiger partial charge on any atom is 0.344 e. The minimum atomic E-state index is -0.407. The topological polar surface area (TPSA) is 56.5 Å². The molecule has 0 N–H and O–H groups in total. The van der Waals surface area contributed by atoms with Crippen molar-refractivity contribution in [1.82, 2.24) is 0 Å². The first-order chi connectivity index (χ1) is 14.0. The van der Waals surface area contributed by atoms with E-state index in [1.807, 2.05) is 43.3 Å². The Bertz CT molecular complexity index is 1240. The summed E-state index contributed by atoms with van der Waals surface area (Å²) in [6, 6.07) is 21.3. The smallest absolute Gasteiger partial charge is 0.344 e. The van der Waals surface area contributed by atoms with E-state index in [0.29, 0.717) is 27.5 Å². The van der Waals surface area contributed by atoms with Gasteiger partial charge in [0, 0.05) is 22.0 Å². The zero-order valence-electron chi connectivity index (χ0n) is 15.6. The molecule has 4 rings (SSSR count). The number of carbonyl (C=O) groups excluding carboxylic acids is 1. The highest BCUT2D eigenvalue weighted by molar-refractivity contribution is 6.30. The highest BCUT2D eigenvalue weighted by Crippen LogP contribution is 2.28. The van der Waals surface area contributed by atoms with E-state index in [4.69, 9.17) is 20.8 Å². The molecule has 0 radical (unpaired) electrons. The minimum Gasteiger partial charge on any atom is -0.485 e. The second-order valence-electron chi connectivity index (χ2n) is 6.63. The number of benzene rings is 3. The molecule has 1 aromatic heterocycles. The van der Waals surface area contributed by atoms with Crippen LogP contribution in [0.4, 0.5) is 0 Å². The molecule has 0 amide bonds. The quantitative estimate of drug-likeness (QED) is 0.317. The zero-order chi connectivity index (χ0) is 20.4. The Morgan fingerprint density at radius 2 is 1.72 bits per heavy atom. The van der Waals surface area contributed by atoms with E-state index < -0.39 is 5.63 Å². The van der Waals surface area contributed by atoms with Crippen LogP contribution in [-0.4, -0.2) is 12.4 Å². The van der Waals surface area contributed by atoms with Crippen LogP contribution in [-0.2, 0) is 0 Å². The third-order valence-electron chi connectivity index (χ3n) is 4.74. The highest BCUT2D eigenvalue weighted by atomic mass is 35.5. The molecule has 0 saturated carbocycles. The number of carbonyl (C=O) groups is 1. The molecule has 0 unspecified atom stereocenters. The molecule has 1 heterocycles. The predicted octanol–water partition coefficient (Wildman–Crippen LogP) is 5.68. The summed E-state index contributed by atoms with van der Waals surface area (Å²) < 4.78 is 11.1. The molecular formula is C24H17ClO4. The molecule has 0 aliphatic rings. The first-order valence-electron chi connectivity index (χ1n) is 9.07. The van der Waals surface area contributed by atoms with Gasteiger partial charge in [0.05, 0.1) is 5.56 Å². The normalized spacial score (nSPS) is 10.8. The van der Waals surface area contributed by atoms with Crippen LogP contribution in [0.1, 0.15) is 15.9 Å². The van der Waals surface area contributed by atoms with Gasteiger partial charge in [0.2, 0.25) is 0 Å². The van der Waals surface area contributed by atoms with E-state index in [1.54, 1.807) is 36.4 Å². The molecule has 144 valence electrons. The Balaban J connectivity index is 1.61. The summed E-state index contributed by atoms with van der Waals surface area (Å²) >= 11 is 5.84. The lowest BCUT2D eigenvalue weighted by molar-refractivity contribution is 0.0921. The third-order valence-corrected chi connectivity index (χ3v) is 4.99. The summed E-state index contributed by atoms with van der Waals surface area (Å²) in [4.78, 5) is 24.8. The molecule has 0 saturated heterocycles. The van der Waals surface area contributed by atoms with Crippen LogP contribution in [0.25, 0.3) is 22.1 Å². The van der Waals surface area contributed by atoms with Crippen LogP contribution in [0, 0.1) is 6.92 Å². The lowest BCUT2D eigenvalue weighted by atomic mass is 10.00. The van der Waals surface area contributed by atoms with Crippen molar-refractivity contribution in [3.05, 3.63) is 99.4 Å². The largest absolute Gasteiger partial charge is 0.485 e. The Kier molecular flexibility index (Phi) is 5.19. The second-order valence-corrected chi connectivity index (χ2v) is 7.07. The Hall–Kier alpha value is -3.37. The highest BCUT2D eigenvalue weighted by Gasteiger charge is 2.14. The van der Waals surface area contributed by atoms with E-state index in [2.05, 4.69) is 0 Å². The van der Waals surface area contributed by atoms with E-state index in [1.165, 1.54) is 0 Å².